The maximum absolute atomic E-state index is 13.4. The molecule has 0 radical (unpaired) electrons. The molecule has 3 rings (SSSR count). The highest BCUT2D eigenvalue weighted by Crippen LogP contribution is 2.16. The van der Waals surface area contributed by atoms with Crippen LogP contribution in [0.2, 0.25) is 0 Å². The summed E-state index contributed by atoms with van der Waals surface area (Å²) in [4.78, 5) is 28.3. The summed E-state index contributed by atoms with van der Waals surface area (Å²) in [5.74, 6) is -1.79. The predicted molar refractivity (Wildman–Crippen MR) is 105 cm³/mol. The monoisotopic (exact) mass is 409 g/mol. The Kier molecular flexibility index (Phi) is 7.48. The van der Waals surface area contributed by atoms with Crippen molar-refractivity contribution in [1.82, 2.24) is 10.2 Å². The number of halogens is 3. The molecule has 1 fully saturated rings. The van der Waals surface area contributed by atoms with Crippen molar-refractivity contribution in [2.24, 2.45) is 0 Å². The lowest BCUT2D eigenvalue weighted by Crippen LogP contribution is -2.56. The standard InChI is InChI=1S/C20H21F2N3O2.ClH/c1-24(17-5-3-2-4-6-17)19(26)12-18-20(27)25(8-7-23-18)13-14-9-15(21)11-16(22)10-14;/h2-6,9-11,18,23H,7-8,12-13H2,1H3;1H. The summed E-state index contributed by atoms with van der Waals surface area (Å²) in [6.45, 7) is 1.03. The Balaban J connectivity index is 0.00000280. The van der Waals surface area contributed by atoms with Crippen molar-refractivity contribution in [2.75, 3.05) is 25.0 Å². The normalized spacial score (nSPS) is 16.5. The van der Waals surface area contributed by atoms with Crippen LogP contribution in [0.1, 0.15) is 12.0 Å². The number of anilines is 1. The molecule has 1 saturated heterocycles. The van der Waals surface area contributed by atoms with Gasteiger partial charge in [0.1, 0.15) is 11.6 Å². The first kappa shape index (κ1) is 21.8. The van der Waals surface area contributed by atoms with Crippen molar-refractivity contribution >= 4 is 29.9 Å². The predicted octanol–water partition coefficient (Wildman–Crippen LogP) is 2.74. The molecule has 1 heterocycles. The molecular formula is C20H22ClF2N3O2. The van der Waals surface area contributed by atoms with E-state index < -0.39 is 17.7 Å². The lowest BCUT2D eigenvalue weighted by molar-refractivity contribution is -0.138. The largest absolute Gasteiger partial charge is 0.336 e. The van der Waals surface area contributed by atoms with Crippen LogP contribution in [0.4, 0.5) is 14.5 Å². The highest BCUT2D eigenvalue weighted by atomic mass is 35.5. The van der Waals surface area contributed by atoms with Crippen molar-refractivity contribution in [3.8, 4) is 0 Å². The average molecular weight is 410 g/mol. The van der Waals surface area contributed by atoms with E-state index in [1.54, 1.807) is 7.05 Å². The molecule has 2 aromatic rings. The second-order valence-corrected chi connectivity index (χ2v) is 6.54. The SMILES string of the molecule is CN(C(=O)CC1NCCN(Cc2cc(F)cc(F)c2)C1=O)c1ccccc1.Cl. The van der Waals surface area contributed by atoms with Gasteiger partial charge in [0, 0.05) is 38.4 Å². The average Bonchev–Trinajstić information content (AvgIpc) is 2.64. The fraction of sp³-hybridized carbons (Fsp3) is 0.300. The molecule has 2 amide bonds. The number of para-hydroxylation sites is 1. The lowest BCUT2D eigenvalue weighted by atomic mass is 10.1. The van der Waals surface area contributed by atoms with Gasteiger partial charge in [-0.3, -0.25) is 9.59 Å². The van der Waals surface area contributed by atoms with Crippen LogP contribution in [0.25, 0.3) is 0 Å². The van der Waals surface area contributed by atoms with Gasteiger partial charge in [0.25, 0.3) is 0 Å². The van der Waals surface area contributed by atoms with Crippen LogP contribution in [0.15, 0.2) is 48.5 Å². The molecule has 0 aliphatic carbocycles. The zero-order chi connectivity index (χ0) is 19.4. The van der Waals surface area contributed by atoms with Gasteiger partial charge in [-0.05, 0) is 29.8 Å². The van der Waals surface area contributed by atoms with Gasteiger partial charge in [-0.25, -0.2) is 8.78 Å². The fourth-order valence-corrected chi connectivity index (χ4v) is 3.14. The van der Waals surface area contributed by atoms with E-state index >= 15 is 0 Å². The molecule has 1 N–H and O–H groups in total. The molecule has 150 valence electrons. The Morgan fingerprint density at radius 2 is 1.82 bits per heavy atom. The van der Waals surface area contributed by atoms with E-state index in [1.165, 1.54) is 21.9 Å². The number of hydrogen-bond acceptors (Lipinski definition) is 3. The third kappa shape index (κ3) is 5.27. The highest BCUT2D eigenvalue weighted by Gasteiger charge is 2.31. The fourth-order valence-electron chi connectivity index (χ4n) is 3.14. The molecule has 5 nitrogen and oxygen atoms in total. The van der Waals surface area contributed by atoms with Crippen molar-refractivity contribution in [3.05, 3.63) is 65.7 Å². The maximum Gasteiger partial charge on any atom is 0.240 e. The third-order valence-corrected chi connectivity index (χ3v) is 4.57. The minimum atomic E-state index is -0.677. The molecule has 1 aliphatic heterocycles. The van der Waals surface area contributed by atoms with Gasteiger partial charge in [0.2, 0.25) is 11.8 Å². The van der Waals surface area contributed by atoms with Crippen molar-refractivity contribution in [1.29, 1.82) is 0 Å². The van der Waals surface area contributed by atoms with Gasteiger partial charge >= 0.3 is 0 Å². The number of amides is 2. The van der Waals surface area contributed by atoms with Crippen LogP contribution in [0, 0.1) is 11.6 Å². The lowest BCUT2D eigenvalue weighted by Gasteiger charge is -2.33. The van der Waals surface area contributed by atoms with Crippen LogP contribution in [-0.4, -0.2) is 42.9 Å². The highest BCUT2D eigenvalue weighted by molar-refractivity contribution is 5.97. The number of nitrogens with zero attached hydrogens (tertiary/aromatic N) is 2. The van der Waals surface area contributed by atoms with Crippen LogP contribution in [0.3, 0.4) is 0 Å². The van der Waals surface area contributed by atoms with E-state index in [0.29, 0.717) is 18.7 Å². The summed E-state index contributed by atoms with van der Waals surface area (Å²) in [5, 5.41) is 3.06. The summed E-state index contributed by atoms with van der Waals surface area (Å²) in [7, 11) is 1.66. The molecule has 28 heavy (non-hydrogen) atoms. The first-order valence-electron chi connectivity index (χ1n) is 8.73. The van der Waals surface area contributed by atoms with Gasteiger partial charge in [0.05, 0.1) is 12.5 Å². The molecule has 1 atom stereocenters. The second-order valence-electron chi connectivity index (χ2n) is 6.54. The molecule has 1 aliphatic rings. The van der Waals surface area contributed by atoms with Gasteiger partial charge < -0.3 is 15.1 Å². The van der Waals surface area contributed by atoms with E-state index in [-0.39, 0.29) is 37.2 Å². The first-order chi connectivity index (χ1) is 12.9. The molecule has 0 bridgehead atoms. The molecule has 0 aromatic heterocycles. The number of piperazine rings is 1. The summed E-state index contributed by atoms with van der Waals surface area (Å²) >= 11 is 0. The van der Waals surface area contributed by atoms with Crippen LogP contribution >= 0.6 is 12.4 Å². The van der Waals surface area contributed by atoms with Crippen LogP contribution in [-0.2, 0) is 16.1 Å². The quantitative estimate of drug-likeness (QED) is 0.826. The Labute approximate surface area is 168 Å². The minimum absolute atomic E-state index is 0. The van der Waals surface area contributed by atoms with E-state index in [4.69, 9.17) is 0 Å². The maximum atomic E-state index is 13.4. The van der Waals surface area contributed by atoms with Crippen molar-refractivity contribution in [2.45, 2.75) is 19.0 Å². The molecule has 0 spiro atoms. The molecule has 8 heteroatoms. The summed E-state index contributed by atoms with van der Waals surface area (Å²) < 4.78 is 26.7. The van der Waals surface area contributed by atoms with E-state index in [2.05, 4.69) is 5.32 Å². The van der Waals surface area contributed by atoms with Gasteiger partial charge in [-0.2, -0.15) is 0 Å². The zero-order valence-electron chi connectivity index (χ0n) is 15.4. The van der Waals surface area contributed by atoms with Crippen molar-refractivity contribution < 1.29 is 18.4 Å². The number of carbonyl (C=O) groups excluding carboxylic acids is 2. The number of carbonyl (C=O) groups is 2. The summed E-state index contributed by atoms with van der Waals surface area (Å²) in [6.07, 6.45) is 0.0121. The smallest absolute Gasteiger partial charge is 0.240 e. The van der Waals surface area contributed by atoms with E-state index in [0.717, 1.165) is 11.8 Å². The topological polar surface area (TPSA) is 52.7 Å². The number of hydrogen-bond donors (Lipinski definition) is 1. The van der Waals surface area contributed by atoms with Crippen LogP contribution < -0.4 is 10.2 Å². The Bertz CT molecular complexity index is 815. The van der Waals surface area contributed by atoms with Crippen LogP contribution in [0.5, 0.6) is 0 Å². The Hall–Kier alpha value is -2.51. The first-order valence-corrected chi connectivity index (χ1v) is 8.73. The Morgan fingerprint density at radius 1 is 1.18 bits per heavy atom. The second kappa shape index (κ2) is 9.61. The van der Waals surface area contributed by atoms with Gasteiger partial charge in [-0.1, -0.05) is 18.2 Å². The summed E-state index contributed by atoms with van der Waals surface area (Å²) in [6, 6.07) is 11.7. The molecule has 0 saturated carbocycles. The number of rotatable bonds is 5. The van der Waals surface area contributed by atoms with Crippen molar-refractivity contribution in [3.63, 3.8) is 0 Å². The minimum Gasteiger partial charge on any atom is -0.336 e. The van der Waals surface area contributed by atoms with Gasteiger partial charge in [-0.15, -0.1) is 12.4 Å². The number of benzene rings is 2. The zero-order valence-corrected chi connectivity index (χ0v) is 16.2. The summed E-state index contributed by atoms with van der Waals surface area (Å²) in [5.41, 5.74) is 1.13. The molecular weight excluding hydrogens is 388 g/mol. The third-order valence-electron chi connectivity index (χ3n) is 4.57. The van der Waals surface area contributed by atoms with E-state index in [1.807, 2.05) is 30.3 Å². The Morgan fingerprint density at radius 3 is 2.46 bits per heavy atom. The molecule has 2 aromatic carbocycles. The van der Waals surface area contributed by atoms with Gasteiger partial charge in [0.15, 0.2) is 0 Å². The number of nitrogens with one attached hydrogen (secondary N) is 1. The van der Waals surface area contributed by atoms with E-state index in [9.17, 15) is 18.4 Å². The molecule has 1 unspecified atom stereocenters.